The number of nitrogens with one attached hydrogen (secondary N) is 1. The Kier molecular flexibility index (Phi) is 17.2. The first kappa shape index (κ1) is 27.6. The minimum Gasteiger partial charge on any atom is -0.394 e. The Labute approximate surface area is 190 Å². The molecule has 0 aliphatic rings. The van der Waals surface area contributed by atoms with E-state index in [4.69, 9.17) is 0 Å². The smallest absolute Gasteiger partial charge is 0.220 e. The summed E-state index contributed by atoms with van der Waals surface area (Å²) < 4.78 is 0. The maximum Gasteiger partial charge on any atom is 0.220 e. The Balaban J connectivity index is 1.95. The molecule has 2 unspecified atom stereocenters. The standard InChI is InChI=1S/C27H47NO3/c1-2-3-4-5-6-7-8-9-10-11-12-13-14-15-19-22-26(30)28-25(23-29)27(31)24-20-17-16-18-21-24/h16-18,20-21,25,27,29,31H,2-15,19,22-23H2,1H3,(H,28,30). The van der Waals surface area contributed by atoms with Crippen LogP contribution in [0.2, 0.25) is 0 Å². The van der Waals surface area contributed by atoms with E-state index in [0.29, 0.717) is 12.0 Å². The molecule has 0 aliphatic carbocycles. The highest BCUT2D eigenvalue weighted by Gasteiger charge is 2.21. The summed E-state index contributed by atoms with van der Waals surface area (Å²) in [7, 11) is 0. The second-order valence-electron chi connectivity index (χ2n) is 8.91. The van der Waals surface area contributed by atoms with E-state index >= 15 is 0 Å². The van der Waals surface area contributed by atoms with Crippen LogP contribution in [-0.2, 0) is 4.79 Å². The van der Waals surface area contributed by atoms with Crippen molar-refractivity contribution < 1.29 is 15.0 Å². The Hall–Kier alpha value is -1.39. The average molecular weight is 434 g/mol. The van der Waals surface area contributed by atoms with Gasteiger partial charge in [0.25, 0.3) is 0 Å². The molecular weight excluding hydrogens is 386 g/mol. The van der Waals surface area contributed by atoms with Gasteiger partial charge in [0.05, 0.1) is 12.6 Å². The largest absolute Gasteiger partial charge is 0.394 e. The van der Waals surface area contributed by atoms with Crippen molar-refractivity contribution in [1.82, 2.24) is 5.32 Å². The molecule has 1 amide bonds. The van der Waals surface area contributed by atoms with Gasteiger partial charge < -0.3 is 15.5 Å². The zero-order valence-electron chi connectivity index (χ0n) is 19.9. The molecule has 0 spiro atoms. The quantitative estimate of drug-likeness (QED) is 0.207. The number of rotatable bonds is 20. The first-order valence-electron chi connectivity index (χ1n) is 12.8. The van der Waals surface area contributed by atoms with Crippen LogP contribution in [-0.4, -0.2) is 28.8 Å². The summed E-state index contributed by atoms with van der Waals surface area (Å²) >= 11 is 0. The highest BCUT2D eigenvalue weighted by molar-refractivity contribution is 5.76. The van der Waals surface area contributed by atoms with Crippen molar-refractivity contribution >= 4 is 5.91 Å². The molecule has 0 heterocycles. The minimum atomic E-state index is -0.892. The van der Waals surface area contributed by atoms with Gasteiger partial charge in [-0.15, -0.1) is 0 Å². The average Bonchev–Trinajstić information content (AvgIpc) is 2.80. The van der Waals surface area contributed by atoms with Crippen molar-refractivity contribution in [3.8, 4) is 0 Å². The predicted octanol–water partition coefficient (Wildman–Crippen LogP) is 6.46. The van der Waals surface area contributed by atoms with Crippen LogP contribution in [0.4, 0.5) is 0 Å². The normalized spacial score (nSPS) is 13.1. The molecule has 31 heavy (non-hydrogen) atoms. The molecule has 0 saturated heterocycles. The summed E-state index contributed by atoms with van der Waals surface area (Å²) in [6, 6.07) is 8.49. The van der Waals surface area contributed by atoms with Gasteiger partial charge >= 0.3 is 0 Å². The third-order valence-electron chi connectivity index (χ3n) is 6.07. The summed E-state index contributed by atoms with van der Waals surface area (Å²) in [6.45, 7) is 1.99. The number of carbonyl (C=O) groups excluding carboxylic acids is 1. The summed E-state index contributed by atoms with van der Waals surface area (Å²) in [4.78, 5) is 12.1. The first-order valence-corrected chi connectivity index (χ1v) is 12.8. The van der Waals surface area contributed by atoms with Crippen LogP contribution >= 0.6 is 0 Å². The third kappa shape index (κ3) is 14.3. The maximum atomic E-state index is 12.1. The number of aliphatic hydroxyl groups is 2. The van der Waals surface area contributed by atoms with E-state index in [1.807, 2.05) is 18.2 Å². The summed E-state index contributed by atoms with van der Waals surface area (Å²) in [5, 5.41) is 22.7. The lowest BCUT2D eigenvalue weighted by Crippen LogP contribution is -2.41. The van der Waals surface area contributed by atoms with E-state index in [1.165, 1.54) is 83.5 Å². The fraction of sp³-hybridized carbons (Fsp3) is 0.741. The molecule has 4 heteroatoms. The van der Waals surface area contributed by atoms with Crippen molar-refractivity contribution in [3.63, 3.8) is 0 Å². The molecular formula is C27H47NO3. The summed E-state index contributed by atoms with van der Waals surface area (Å²) in [6.07, 6.45) is 19.1. The SMILES string of the molecule is CCCCCCCCCCCCCCCCCC(=O)NC(CO)C(O)c1ccccc1. The number of amides is 1. The van der Waals surface area contributed by atoms with Gasteiger partial charge in [0.15, 0.2) is 0 Å². The first-order chi connectivity index (χ1) is 15.2. The number of carbonyl (C=O) groups is 1. The molecule has 0 aromatic heterocycles. The van der Waals surface area contributed by atoms with Gasteiger partial charge in [-0.3, -0.25) is 4.79 Å². The fourth-order valence-electron chi connectivity index (χ4n) is 4.04. The van der Waals surface area contributed by atoms with Crippen LogP contribution in [0.25, 0.3) is 0 Å². The van der Waals surface area contributed by atoms with E-state index in [2.05, 4.69) is 12.2 Å². The second-order valence-corrected chi connectivity index (χ2v) is 8.91. The molecule has 0 aliphatic heterocycles. The van der Waals surface area contributed by atoms with Gasteiger partial charge in [-0.1, -0.05) is 127 Å². The van der Waals surface area contributed by atoms with Gasteiger partial charge in [-0.05, 0) is 12.0 Å². The summed E-state index contributed by atoms with van der Waals surface area (Å²) in [5.41, 5.74) is 0.703. The van der Waals surface area contributed by atoms with Crippen LogP contribution in [0.3, 0.4) is 0 Å². The molecule has 1 aromatic carbocycles. The van der Waals surface area contributed by atoms with E-state index in [-0.39, 0.29) is 12.5 Å². The molecule has 0 bridgehead atoms. The lowest BCUT2D eigenvalue weighted by Gasteiger charge is -2.22. The van der Waals surface area contributed by atoms with Gasteiger partial charge in [0, 0.05) is 6.42 Å². The number of hydrogen-bond acceptors (Lipinski definition) is 3. The van der Waals surface area contributed by atoms with Crippen molar-refractivity contribution in [2.45, 2.75) is 122 Å². The Morgan fingerprint density at radius 3 is 1.68 bits per heavy atom. The zero-order valence-corrected chi connectivity index (χ0v) is 19.9. The minimum absolute atomic E-state index is 0.0938. The molecule has 4 nitrogen and oxygen atoms in total. The van der Waals surface area contributed by atoms with Crippen LogP contribution in [0.15, 0.2) is 30.3 Å². The van der Waals surface area contributed by atoms with E-state index in [0.717, 1.165) is 12.8 Å². The number of aliphatic hydroxyl groups excluding tert-OH is 2. The zero-order chi connectivity index (χ0) is 22.6. The van der Waals surface area contributed by atoms with Gasteiger partial charge in [-0.25, -0.2) is 0 Å². The second kappa shape index (κ2) is 19.3. The Bertz CT molecular complexity index is 535. The maximum absolute atomic E-state index is 12.1. The number of unbranched alkanes of at least 4 members (excludes halogenated alkanes) is 14. The van der Waals surface area contributed by atoms with Gasteiger partial charge in [0.2, 0.25) is 5.91 Å². The molecule has 3 N–H and O–H groups in total. The fourth-order valence-corrected chi connectivity index (χ4v) is 4.04. The van der Waals surface area contributed by atoms with E-state index < -0.39 is 12.1 Å². The molecule has 2 atom stereocenters. The van der Waals surface area contributed by atoms with Crippen LogP contribution in [0, 0.1) is 0 Å². The highest BCUT2D eigenvalue weighted by atomic mass is 16.3. The molecule has 1 aromatic rings. The van der Waals surface area contributed by atoms with Crippen molar-refractivity contribution in [2.75, 3.05) is 6.61 Å². The topological polar surface area (TPSA) is 69.6 Å². The van der Waals surface area contributed by atoms with Gasteiger partial charge in [-0.2, -0.15) is 0 Å². The monoisotopic (exact) mass is 433 g/mol. The number of hydrogen-bond donors (Lipinski definition) is 3. The van der Waals surface area contributed by atoms with Crippen LogP contribution < -0.4 is 5.32 Å². The van der Waals surface area contributed by atoms with Crippen LogP contribution in [0.1, 0.15) is 121 Å². The molecule has 0 radical (unpaired) electrons. The lowest BCUT2D eigenvalue weighted by atomic mass is 10.0. The molecule has 1 rings (SSSR count). The van der Waals surface area contributed by atoms with Crippen LogP contribution in [0.5, 0.6) is 0 Å². The molecule has 178 valence electrons. The summed E-state index contributed by atoms with van der Waals surface area (Å²) in [5.74, 6) is -0.0938. The van der Waals surface area contributed by atoms with Crippen molar-refractivity contribution in [3.05, 3.63) is 35.9 Å². The third-order valence-corrected chi connectivity index (χ3v) is 6.07. The molecule has 0 fully saturated rings. The van der Waals surface area contributed by atoms with Crippen molar-refractivity contribution in [2.24, 2.45) is 0 Å². The van der Waals surface area contributed by atoms with Crippen molar-refractivity contribution in [1.29, 1.82) is 0 Å². The van der Waals surface area contributed by atoms with E-state index in [1.54, 1.807) is 12.1 Å². The molecule has 0 saturated carbocycles. The van der Waals surface area contributed by atoms with E-state index in [9.17, 15) is 15.0 Å². The Morgan fingerprint density at radius 2 is 1.23 bits per heavy atom. The van der Waals surface area contributed by atoms with Gasteiger partial charge in [0.1, 0.15) is 6.10 Å². The highest BCUT2D eigenvalue weighted by Crippen LogP contribution is 2.17. The lowest BCUT2D eigenvalue weighted by molar-refractivity contribution is -0.123. The predicted molar refractivity (Wildman–Crippen MR) is 130 cm³/mol. The Morgan fingerprint density at radius 1 is 0.774 bits per heavy atom. The number of benzene rings is 1.